The number of anilines is 1. The van der Waals surface area contributed by atoms with E-state index in [1.807, 2.05) is 12.1 Å². The van der Waals surface area contributed by atoms with Crippen molar-refractivity contribution in [1.29, 1.82) is 0 Å². The first-order valence-corrected chi connectivity index (χ1v) is 8.62. The van der Waals surface area contributed by atoms with Gasteiger partial charge >= 0.3 is 0 Å². The molecule has 0 aliphatic carbocycles. The number of ether oxygens (including phenoxy) is 1. The predicted octanol–water partition coefficient (Wildman–Crippen LogP) is 3.87. The van der Waals surface area contributed by atoms with E-state index in [1.165, 1.54) is 34.8 Å². The molecule has 0 aliphatic rings. The average Bonchev–Trinajstić information content (AvgIpc) is 3.17. The number of nitrogens with one attached hydrogen (secondary N) is 1. The number of aromatic nitrogens is 2. The molecule has 2 heterocycles. The number of hydrogen-bond donors (Lipinski definition) is 2. The maximum absolute atomic E-state index is 12.3. The van der Waals surface area contributed by atoms with Crippen LogP contribution in [0.4, 0.5) is 5.13 Å². The Hall–Kier alpha value is -2.71. The van der Waals surface area contributed by atoms with Crippen molar-refractivity contribution in [3.05, 3.63) is 42.0 Å². The van der Waals surface area contributed by atoms with Crippen LogP contribution in [0.25, 0.3) is 20.4 Å². The van der Waals surface area contributed by atoms with Crippen LogP contribution in [-0.2, 0) is 0 Å². The highest BCUT2D eigenvalue weighted by atomic mass is 32.1. The van der Waals surface area contributed by atoms with Gasteiger partial charge in [-0.05, 0) is 36.4 Å². The number of hydrogen-bond acceptors (Lipinski definition) is 7. The number of phenolic OH excluding ortho intramolecular Hbond substituents is 1. The number of nitrogens with zero attached hydrogens (tertiary/aromatic N) is 2. The Kier molecular flexibility index (Phi) is 3.55. The molecule has 0 bridgehead atoms. The van der Waals surface area contributed by atoms with Gasteiger partial charge in [0, 0.05) is 5.56 Å². The molecule has 0 fully saturated rings. The molecule has 24 heavy (non-hydrogen) atoms. The maximum atomic E-state index is 12.3. The molecule has 0 radical (unpaired) electrons. The van der Waals surface area contributed by atoms with E-state index in [9.17, 15) is 9.90 Å². The van der Waals surface area contributed by atoms with E-state index in [-0.39, 0.29) is 11.7 Å². The molecular formula is C16H11N3O3S2. The number of carbonyl (C=O) groups is 1. The van der Waals surface area contributed by atoms with Crippen molar-refractivity contribution in [2.45, 2.75) is 0 Å². The highest BCUT2D eigenvalue weighted by molar-refractivity contribution is 7.29. The zero-order valence-corrected chi connectivity index (χ0v) is 14.1. The van der Waals surface area contributed by atoms with Crippen LogP contribution in [0, 0.1) is 0 Å². The summed E-state index contributed by atoms with van der Waals surface area (Å²) in [4.78, 5) is 21.1. The minimum atomic E-state index is -0.271. The molecule has 2 aromatic heterocycles. The lowest BCUT2D eigenvalue weighted by atomic mass is 10.2. The van der Waals surface area contributed by atoms with Crippen LogP contribution in [0.5, 0.6) is 10.9 Å². The number of amides is 1. The minimum Gasteiger partial charge on any atom is -0.508 e. The number of carbonyl (C=O) groups excluding carboxylic acids is 1. The summed E-state index contributed by atoms with van der Waals surface area (Å²) in [5.74, 6) is -0.153. The van der Waals surface area contributed by atoms with Crippen molar-refractivity contribution in [3.63, 3.8) is 0 Å². The van der Waals surface area contributed by atoms with Crippen LogP contribution < -0.4 is 10.1 Å². The molecule has 4 aromatic rings. The molecule has 0 spiro atoms. The molecule has 2 N–H and O–H groups in total. The van der Waals surface area contributed by atoms with E-state index in [0.717, 1.165) is 20.4 Å². The van der Waals surface area contributed by atoms with E-state index in [1.54, 1.807) is 19.2 Å². The zero-order chi connectivity index (χ0) is 16.7. The monoisotopic (exact) mass is 357 g/mol. The van der Waals surface area contributed by atoms with Crippen LogP contribution in [0.3, 0.4) is 0 Å². The third-order valence-electron chi connectivity index (χ3n) is 3.42. The van der Waals surface area contributed by atoms with E-state index < -0.39 is 0 Å². The Bertz CT molecular complexity index is 1050. The van der Waals surface area contributed by atoms with Crippen molar-refractivity contribution in [3.8, 4) is 10.9 Å². The first-order chi connectivity index (χ1) is 11.6. The quantitative estimate of drug-likeness (QED) is 0.581. The second-order valence-electron chi connectivity index (χ2n) is 4.97. The third kappa shape index (κ3) is 2.55. The van der Waals surface area contributed by atoms with Crippen LogP contribution in [-0.4, -0.2) is 28.1 Å². The highest BCUT2D eigenvalue weighted by Gasteiger charge is 2.14. The summed E-state index contributed by atoms with van der Waals surface area (Å²) >= 11 is 2.85. The molecule has 0 aliphatic heterocycles. The molecule has 0 saturated heterocycles. The molecule has 120 valence electrons. The van der Waals surface area contributed by atoms with Gasteiger partial charge in [0.2, 0.25) is 0 Å². The second-order valence-corrected chi connectivity index (χ2v) is 6.93. The number of fused-ring (bicyclic) bond motifs is 3. The molecule has 6 nitrogen and oxygen atoms in total. The Labute approximate surface area is 144 Å². The summed E-state index contributed by atoms with van der Waals surface area (Å²) < 4.78 is 7.15. The third-order valence-corrected chi connectivity index (χ3v) is 5.60. The molecule has 0 atom stereocenters. The fraction of sp³-hybridized carbons (Fsp3) is 0.0625. The first kappa shape index (κ1) is 14.9. The lowest BCUT2D eigenvalue weighted by molar-refractivity contribution is 0.102. The van der Waals surface area contributed by atoms with Crippen molar-refractivity contribution in [1.82, 2.24) is 9.97 Å². The molecule has 4 rings (SSSR count). The Morgan fingerprint density at radius 1 is 1.04 bits per heavy atom. The molecular weight excluding hydrogens is 346 g/mol. The van der Waals surface area contributed by atoms with E-state index in [2.05, 4.69) is 15.3 Å². The fourth-order valence-electron chi connectivity index (χ4n) is 2.28. The second kappa shape index (κ2) is 5.73. The molecule has 0 unspecified atom stereocenters. The summed E-state index contributed by atoms with van der Waals surface area (Å²) in [6.45, 7) is 0. The van der Waals surface area contributed by atoms with Gasteiger partial charge in [-0.15, -0.1) is 0 Å². The van der Waals surface area contributed by atoms with Crippen molar-refractivity contribution in [2.75, 3.05) is 12.4 Å². The van der Waals surface area contributed by atoms with Gasteiger partial charge in [0.15, 0.2) is 5.13 Å². The Balaban J connectivity index is 1.69. The summed E-state index contributed by atoms with van der Waals surface area (Å²) in [5, 5.41) is 13.2. The van der Waals surface area contributed by atoms with Crippen LogP contribution in [0.1, 0.15) is 10.4 Å². The van der Waals surface area contributed by atoms with Crippen LogP contribution in [0.15, 0.2) is 36.4 Å². The van der Waals surface area contributed by atoms with E-state index in [0.29, 0.717) is 15.9 Å². The van der Waals surface area contributed by atoms with E-state index >= 15 is 0 Å². The van der Waals surface area contributed by atoms with Gasteiger partial charge in [0.1, 0.15) is 5.75 Å². The normalized spacial score (nSPS) is 11.0. The van der Waals surface area contributed by atoms with Gasteiger partial charge in [-0.3, -0.25) is 10.1 Å². The average molecular weight is 357 g/mol. The highest BCUT2D eigenvalue weighted by Crippen LogP contribution is 2.38. The number of phenols is 1. The smallest absolute Gasteiger partial charge is 0.274 e. The largest absolute Gasteiger partial charge is 0.508 e. The first-order valence-electron chi connectivity index (χ1n) is 6.98. The zero-order valence-electron chi connectivity index (χ0n) is 12.4. The number of thiazole rings is 2. The topological polar surface area (TPSA) is 84.3 Å². The van der Waals surface area contributed by atoms with Gasteiger partial charge in [-0.2, -0.15) is 0 Å². The summed E-state index contributed by atoms with van der Waals surface area (Å²) in [6, 6.07) is 9.83. The van der Waals surface area contributed by atoms with Crippen LogP contribution in [0.2, 0.25) is 0 Å². The fourth-order valence-corrected chi connectivity index (χ4v) is 4.24. The number of rotatable bonds is 3. The van der Waals surface area contributed by atoms with E-state index in [4.69, 9.17) is 4.74 Å². The minimum absolute atomic E-state index is 0.119. The summed E-state index contributed by atoms with van der Waals surface area (Å²) in [5.41, 5.74) is 2.11. The number of benzene rings is 2. The van der Waals surface area contributed by atoms with Crippen molar-refractivity contribution >= 4 is 54.1 Å². The molecule has 0 saturated carbocycles. The van der Waals surface area contributed by atoms with Gasteiger partial charge in [0.25, 0.3) is 11.1 Å². The molecule has 2 aromatic carbocycles. The van der Waals surface area contributed by atoms with Crippen molar-refractivity contribution < 1.29 is 14.6 Å². The summed E-state index contributed by atoms with van der Waals surface area (Å²) in [6.07, 6.45) is 0. The van der Waals surface area contributed by atoms with Gasteiger partial charge in [-0.25, -0.2) is 9.97 Å². The maximum Gasteiger partial charge on any atom is 0.274 e. The van der Waals surface area contributed by atoms with Gasteiger partial charge < -0.3 is 9.84 Å². The number of aromatic hydroxyl groups is 1. The molecule has 1 amide bonds. The standard InChI is InChI=1S/C16H11N3O3S2/c1-22-16-18-11-7-6-10-12(13(11)24-16)23-15(17-10)19-14(21)8-2-4-9(20)5-3-8/h2-7,20H,1H3,(H,17,19,21). The summed E-state index contributed by atoms with van der Waals surface area (Å²) in [7, 11) is 1.59. The van der Waals surface area contributed by atoms with Gasteiger partial charge in [0.05, 0.1) is 27.5 Å². The predicted molar refractivity (Wildman–Crippen MR) is 95.4 cm³/mol. The van der Waals surface area contributed by atoms with Gasteiger partial charge in [-0.1, -0.05) is 22.7 Å². The molecule has 8 heteroatoms. The Morgan fingerprint density at radius 2 is 1.71 bits per heavy atom. The lowest BCUT2D eigenvalue weighted by Crippen LogP contribution is -2.11. The van der Waals surface area contributed by atoms with Crippen LogP contribution >= 0.6 is 22.7 Å². The number of methoxy groups -OCH3 is 1. The van der Waals surface area contributed by atoms with Crippen molar-refractivity contribution in [2.24, 2.45) is 0 Å². The Morgan fingerprint density at radius 3 is 2.42 bits per heavy atom. The lowest BCUT2D eigenvalue weighted by Gasteiger charge is -2.01. The SMILES string of the molecule is COc1nc2ccc3nc(NC(=O)c4ccc(O)cc4)sc3c2s1.